The van der Waals surface area contributed by atoms with Gasteiger partial charge in [0.15, 0.2) is 5.69 Å². The van der Waals surface area contributed by atoms with Crippen molar-refractivity contribution < 1.29 is 22.9 Å². The molecule has 0 radical (unpaired) electrons. The zero-order valence-corrected chi connectivity index (χ0v) is 18.6. The standard InChI is InChI=1S/C19H25N5O6S/c1-19(2,3)21-31(28,29)16-11-13(24(26)27)7-8-15(16)30-17-12-14(20-22(17)4)18(25)23-9-5-6-10-23/h7-8,11-12,21H,5-6,9-10H2,1-4H3. The van der Waals surface area contributed by atoms with Gasteiger partial charge in [0.1, 0.15) is 10.6 Å². The minimum absolute atomic E-state index is 0.120. The summed E-state index contributed by atoms with van der Waals surface area (Å²) >= 11 is 0. The summed E-state index contributed by atoms with van der Waals surface area (Å²) in [5, 5.41) is 15.4. The number of aryl methyl sites for hydroxylation is 1. The first-order chi connectivity index (χ1) is 14.4. The van der Waals surface area contributed by atoms with Crippen LogP contribution in [0.25, 0.3) is 0 Å². The van der Waals surface area contributed by atoms with Crippen molar-refractivity contribution in [3.63, 3.8) is 0 Å². The Kier molecular flexibility index (Phi) is 6.05. The molecule has 1 saturated heterocycles. The van der Waals surface area contributed by atoms with Gasteiger partial charge in [-0.25, -0.2) is 17.8 Å². The second-order valence-corrected chi connectivity index (χ2v) is 9.99. The van der Waals surface area contributed by atoms with E-state index < -0.39 is 26.2 Å². The van der Waals surface area contributed by atoms with E-state index in [0.717, 1.165) is 25.0 Å². The van der Waals surface area contributed by atoms with Crippen molar-refractivity contribution in [3.8, 4) is 11.6 Å². The first-order valence-corrected chi connectivity index (χ1v) is 11.2. The van der Waals surface area contributed by atoms with E-state index in [1.807, 2.05) is 0 Å². The summed E-state index contributed by atoms with van der Waals surface area (Å²) in [5.74, 6) is -0.219. The summed E-state index contributed by atoms with van der Waals surface area (Å²) in [6, 6.07) is 4.73. The lowest BCUT2D eigenvalue weighted by Crippen LogP contribution is -2.40. The van der Waals surface area contributed by atoms with Crippen LogP contribution in [0.4, 0.5) is 5.69 Å². The molecule has 168 valence electrons. The highest BCUT2D eigenvalue weighted by Crippen LogP contribution is 2.33. The normalized spacial score (nSPS) is 14.6. The molecule has 0 aliphatic carbocycles. The molecule has 0 atom stereocenters. The van der Waals surface area contributed by atoms with Gasteiger partial charge in [0, 0.05) is 43.9 Å². The number of nitro groups is 1. The molecule has 1 aromatic heterocycles. The van der Waals surface area contributed by atoms with E-state index >= 15 is 0 Å². The number of amides is 1. The molecule has 0 bridgehead atoms. The highest BCUT2D eigenvalue weighted by molar-refractivity contribution is 7.89. The van der Waals surface area contributed by atoms with Gasteiger partial charge in [0.2, 0.25) is 15.9 Å². The monoisotopic (exact) mass is 451 g/mol. The molecule has 2 heterocycles. The van der Waals surface area contributed by atoms with Gasteiger partial charge in [-0.2, -0.15) is 5.10 Å². The molecule has 1 fully saturated rings. The summed E-state index contributed by atoms with van der Waals surface area (Å²) in [4.78, 5) is 24.4. The minimum atomic E-state index is -4.14. The van der Waals surface area contributed by atoms with Crippen LogP contribution in [0.1, 0.15) is 44.1 Å². The van der Waals surface area contributed by atoms with E-state index in [2.05, 4.69) is 9.82 Å². The van der Waals surface area contributed by atoms with E-state index in [-0.39, 0.29) is 28.1 Å². The van der Waals surface area contributed by atoms with Crippen molar-refractivity contribution in [2.75, 3.05) is 13.1 Å². The molecule has 2 aromatic rings. The number of benzene rings is 1. The number of ether oxygens (including phenoxy) is 1. The number of carbonyl (C=O) groups excluding carboxylic acids is 1. The summed E-state index contributed by atoms with van der Waals surface area (Å²) < 4.78 is 35.4. The molecule has 3 rings (SSSR count). The maximum atomic E-state index is 12.9. The second-order valence-electron chi connectivity index (χ2n) is 8.34. The predicted molar refractivity (Wildman–Crippen MR) is 112 cm³/mol. The van der Waals surface area contributed by atoms with Gasteiger partial charge in [0.05, 0.1) is 4.92 Å². The molecule has 0 spiro atoms. The second kappa shape index (κ2) is 8.27. The molecule has 31 heavy (non-hydrogen) atoms. The molecule has 1 aliphatic heterocycles. The van der Waals surface area contributed by atoms with Crippen LogP contribution in [0.5, 0.6) is 11.6 Å². The number of nitrogens with zero attached hydrogens (tertiary/aromatic N) is 4. The van der Waals surface area contributed by atoms with Gasteiger partial charge in [-0.1, -0.05) is 0 Å². The topological polar surface area (TPSA) is 137 Å². The summed E-state index contributed by atoms with van der Waals surface area (Å²) in [6.07, 6.45) is 1.87. The Morgan fingerprint density at radius 1 is 1.23 bits per heavy atom. The van der Waals surface area contributed by atoms with Crippen LogP contribution in [0.2, 0.25) is 0 Å². The van der Waals surface area contributed by atoms with Gasteiger partial charge in [-0.15, -0.1) is 0 Å². The number of carbonyl (C=O) groups is 1. The van der Waals surface area contributed by atoms with Crippen LogP contribution in [-0.4, -0.2) is 52.6 Å². The SMILES string of the molecule is Cn1nc(C(=O)N2CCCC2)cc1Oc1ccc([N+](=O)[O-])cc1S(=O)(=O)NC(C)(C)C. The highest BCUT2D eigenvalue weighted by Gasteiger charge is 2.29. The Labute approximate surface area is 180 Å². The van der Waals surface area contributed by atoms with Crippen molar-refractivity contribution in [3.05, 3.63) is 40.1 Å². The van der Waals surface area contributed by atoms with Crippen LogP contribution < -0.4 is 9.46 Å². The average Bonchev–Trinajstić information content (AvgIpc) is 3.30. The van der Waals surface area contributed by atoms with Crippen LogP contribution in [-0.2, 0) is 17.1 Å². The minimum Gasteiger partial charge on any atom is -0.438 e. The Hall–Kier alpha value is -2.99. The third-order valence-electron chi connectivity index (χ3n) is 4.53. The average molecular weight is 452 g/mol. The van der Waals surface area contributed by atoms with Gasteiger partial charge < -0.3 is 9.64 Å². The van der Waals surface area contributed by atoms with Gasteiger partial charge >= 0.3 is 0 Å². The molecule has 1 aliphatic rings. The molecule has 12 heteroatoms. The molecule has 1 aromatic carbocycles. The lowest BCUT2D eigenvalue weighted by atomic mass is 10.1. The molecular formula is C19H25N5O6S. The van der Waals surface area contributed by atoms with Gasteiger partial charge in [0.25, 0.3) is 11.6 Å². The van der Waals surface area contributed by atoms with Crippen molar-refractivity contribution in [1.82, 2.24) is 19.4 Å². The molecule has 11 nitrogen and oxygen atoms in total. The lowest BCUT2D eigenvalue weighted by molar-refractivity contribution is -0.385. The number of nitrogens with one attached hydrogen (secondary N) is 1. The van der Waals surface area contributed by atoms with Crippen LogP contribution >= 0.6 is 0 Å². The number of non-ortho nitro benzene ring substituents is 1. The van der Waals surface area contributed by atoms with Crippen LogP contribution in [0.3, 0.4) is 0 Å². The van der Waals surface area contributed by atoms with Crippen LogP contribution in [0, 0.1) is 10.1 Å². The van der Waals surface area contributed by atoms with E-state index in [0.29, 0.717) is 13.1 Å². The molecule has 1 N–H and O–H groups in total. The predicted octanol–water partition coefficient (Wildman–Crippen LogP) is 2.43. The van der Waals surface area contributed by atoms with Gasteiger partial charge in [-0.3, -0.25) is 14.9 Å². The number of nitro benzene ring substituents is 1. The Morgan fingerprint density at radius 2 is 1.87 bits per heavy atom. The van der Waals surface area contributed by atoms with E-state index in [1.54, 1.807) is 32.7 Å². The highest BCUT2D eigenvalue weighted by atomic mass is 32.2. The number of hydrogen-bond acceptors (Lipinski definition) is 7. The quantitative estimate of drug-likeness (QED) is 0.526. The fourth-order valence-corrected chi connectivity index (χ4v) is 4.77. The Morgan fingerprint density at radius 3 is 2.45 bits per heavy atom. The summed E-state index contributed by atoms with van der Waals surface area (Å²) in [5.41, 5.74) is -1.03. The summed E-state index contributed by atoms with van der Waals surface area (Å²) in [7, 11) is -2.59. The van der Waals surface area contributed by atoms with Gasteiger partial charge in [-0.05, 0) is 39.7 Å². The third kappa shape index (κ3) is 5.20. The van der Waals surface area contributed by atoms with E-state index in [9.17, 15) is 23.3 Å². The number of sulfonamides is 1. The fraction of sp³-hybridized carbons (Fsp3) is 0.474. The largest absolute Gasteiger partial charge is 0.438 e. The number of aromatic nitrogens is 2. The molecule has 0 saturated carbocycles. The first kappa shape index (κ1) is 22.7. The zero-order valence-electron chi connectivity index (χ0n) is 17.8. The lowest BCUT2D eigenvalue weighted by Gasteiger charge is -2.21. The fourth-order valence-electron chi connectivity index (χ4n) is 3.21. The Bertz CT molecular complexity index is 1110. The zero-order chi connectivity index (χ0) is 23.0. The van der Waals surface area contributed by atoms with E-state index in [1.165, 1.54) is 16.8 Å². The third-order valence-corrected chi connectivity index (χ3v) is 6.31. The summed E-state index contributed by atoms with van der Waals surface area (Å²) in [6.45, 7) is 6.28. The van der Waals surface area contributed by atoms with Crippen molar-refractivity contribution >= 4 is 21.6 Å². The van der Waals surface area contributed by atoms with Crippen LogP contribution in [0.15, 0.2) is 29.2 Å². The maximum Gasteiger partial charge on any atom is 0.274 e. The smallest absolute Gasteiger partial charge is 0.274 e. The first-order valence-electron chi connectivity index (χ1n) is 9.71. The van der Waals surface area contributed by atoms with E-state index in [4.69, 9.17) is 4.74 Å². The maximum absolute atomic E-state index is 12.9. The number of rotatable bonds is 6. The molecular weight excluding hydrogens is 426 g/mol. The molecule has 0 unspecified atom stereocenters. The number of likely N-dealkylation sites (tertiary alicyclic amines) is 1. The van der Waals surface area contributed by atoms with Crippen molar-refractivity contribution in [2.24, 2.45) is 7.05 Å². The van der Waals surface area contributed by atoms with Crippen molar-refractivity contribution in [1.29, 1.82) is 0 Å². The van der Waals surface area contributed by atoms with Crippen molar-refractivity contribution in [2.45, 2.75) is 44.0 Å². The number of hydrogen-bond donors (Lipinski definition) is 1. The molecule has 1 amide bonds. The Balaban J connectivity index is 1.98.